The summed E-state index contributed by atoms with van der Waals surface area (Å²) < 4.78 is 1.35. The Balaban J connectivity index is 2.45. The Morgan fingerprint density at radius 3 is 2.67 bits per heavy atom. The fourth-order valence-corrected chi connectivity index (χ4v) is 2.06. The van der Waals surface area contributed by atoms with Crippen LogP contribution in [0.2, 0.25) is 0 Å². The zero-order chi connectivity index (χ0) is 12.7. The van der Waals surface area contributed by atoms with Gasteiger partial charge in [-0.1, -0.05) is 30.3 Å². The van der Waals surface area contributed by atoms with Crippen molar-refractivity contribution in [2.24, 2.45) is 7.05 Å². The predicted molar refractivity (Wildman–Crippen MR) is 69.3 cm³/mol. The highest BCUT2D eigenvalue weighted by atomic mass is 16.1. The van der Waals surface area contributed by atoms with Gasteiger partial charge in [0.1, 0.15) is 11.2 Å². The van der Waals surface area contributed by atoms with E-state index in [-0.39, 0.29) is 5.56 Å². The molecule has 0 saturated carbocycles. The van der Waals surface area contributed by atoms with Crippen LogP contribution >= 0.6 is 0 Å². The van der Waals surface area contributed by atoms with Gasteiger partial charge in [0.15, 0.2) is 0 Å². The maximum Gasteiger partial charge on any atom is 0.277 e. The second-order valence-electron chi connectivity index (χ2n) is 4.22. The van der Waals surface area contributed by atoms with Gasteiger partial charge < -0.3 is 0 Å². The third-order valence-electron chi connectivity index (χ3n) is 2.98. The Morgan fingerprint density at radius 2 is 1.94 bits per heavy atom. The van der Waals surface area contributed by atoms with Crippen molar-refractivity contribution in [3.63, 3.8) is 0 Å². The number of aromatic amines is 1. The van der Waals surface area contributed by atoms with Gasteiger partial charge in [0.2, 0.25) is 0 Å². The third-order valence-corrected chi connectivity index (χ3v) is 2.98. The molecule has 0 amide bonds. The van der Waals surface area contributed by atoms with Crippen LogP contribution in [0.1, 0.15) is 5.69 Å². The first-order chi connectivity index (χ1) is 8.68. The molecule has 3 aromatic rings. The van der Waals surface area contributed by atoms with Crippen LogP contribution in [0.4, 0.5) is 0 Å². The molecule has 18 heavy (non-hydrogen) atoms. The maximum absolute atomic E-state index is 12.0. The summed E-state index contributed by atoms with van der Waals surface area (Å²) in [6.45, 7) is 1.84. The van der Waals surface area contributed by atoms with Crippen molar-refractivity contribution in [1.29, 1.82) is 0 Å². The number of benzene rings is 1. The number of H-pyrrole nitrogens is 1. The number of aryl methyl sites for hydroxylation is 2. The highest BCUT2D eigenvalue weighted by molar-refractivity contribution is 5.91. The van der Waals surface area contributed by atoms with Crippen LogP contribution in [-0.2, 0) is 7.05 Å². The van der Waals surface area contributed by atoms with Crippen molar-refractivity contribution in [2.75, 3.05) is 0 Å². The van der Waals surface area contributed by atoms with Crippen molar-refractivity contribution in [2.45, 2.75) is 6.92 Å². The van der Waals surface area contributed by atoms with Crippen LogP contribution in [0, 0.1) is 6.92 Å². The van der Waals surface area contributed by atoms with E-state index in [1.165, 1.54) is 4.68 Å². The van der Waals surface area contributed by atoms with Gasteiger partial charge in [-0.25, -0.2) is 4.68 Å². The average Bonchev–Trinajstić information content (AvgIpc) is 2.77. The molecule has 0 aliphatic carbocycles. The highest BCUT2D eigenvalue weighted by Gasteiger charge is 2.15. The fraction of sp³-hybridized carbons (Fsp3) is 0.154. The number of nitrogens with zero attached hydrogens (tertiary/aromatic N) is 3. The first kappa shape index (κ1) is 10.7. The molecule has 0 unspecified atom stereocenters. The molecule has 90 valence electrons. The van der Waals surface area contributed by atoms with Crippen LogP contribution in [0.3, 0.4) is 0 Å². The Bertz CT molecular complexity index is 771. The maximum atomic E-state index is 12.0. The molecule has 0 fully saturated rings. The second kappa shape index (κ2) is 3.80. The van der Waals surface area contributed by atoms with Crippen molar-refractivity contribution < 1.29 is 0 Å². The molecule has 0 aliphatic heterocycles. The SMILES string of the molecule is Cc1[nH]nc2c(-c3ccccc3)nn(C)c(=O)c12. The van der Waals surface area contributed by atoms with Crippen LogP contribution in [0.15, 0.2) is 35.1 Å². The Labute approximate surface area is 103 Å². The van der Waals surface area contributed by atoms with Crippen LogP contribution in [0.25, 0.3) is 22.2 Å². The number of hydrogen-bond acceptors (Lipinski definition) is 3. The molecular weight excluding hydrogens is 228 g/mol. The lowest BCUT2D eigenvalue weighted by Crippen LogP contribution is -2.20. The van der Waals surface area contributed by atoms with Crippen molar-refractivity contribution >= 4 is 10.9 Å². The molecular formula is C13H12N4O. The molecule has 0 radical (unpaired) electrons. The molecule has 5 heteroatoms. The van der Waals surface area contributed by atoms with E-state index in [0.29, 0.717) is 10.9 Å². The summed E-state index contributed by atoms with van der Waals surface area (Å²) in [6.07, 6.45) is 0. The lowest BCUT2D eigenvalue weighted by Gasteiger charge is -2.04. The smallest absolute Gasteiger partial charge is 0.277 e. The van der Waals surface area contributed by atoms with Crippen LogP contribution < -0.4 is 5.56 Å². The van der Waals surface area contributed by atoms with Crippen LogP contribution in [0.5, 0.6) is 0 Å². The molecule has 0 spiro atoms. The van der Waals surface area contributed by atoms with Crippen LogP contribution in [-0.4, -0.2) is 20.0 Å². The van der Waals surface area contributed by atoms with Gasteiger partial charge in [-0.15, -0.1) is 0 Å². The summed E-state index contributed by atoms with van der Waals surface area (Å²) in [5, 5.41) is 12.0. The van der Waals surface area contributed by atoms with Gasteiger partial charge in [0.25, 0.3) is 5.56 Å². The number of hydrogen-bond donors (Lipinski definition) is 1. The monoisotopic (exact) mass is 240 g/mol. The zero-order valence-corrected chi connectivity index (χ0v) is 10.1. The molecule has 1 N–H and O–H groups in total. The summed E-state index contributed by atoms with van der Waals surface area (Å²) in [5.41, 5.74) is 2.93. The Hall–Kier alpha value is -2.43. The van der Waals surface area contributed by atoms with Crippen molar-refractivity contribution in [1.82, 2.24) is 20.0 Å². The quantitative estimate of drug-likeness (QED) is 0.703. The average molecular weight is 240 g/mol. The number of aromatic nitrogens is 4. The van der Waals surface area contributed by atoms with Gasteiger partial charge in [-0.2, -0.15) is 10.2 Å². The third kappa shape index (κ3) is 1.44. The summed E-state index contributed by atoms with van der Waals surface area (Å²) in [4.78, 5) is 12.0. The first-order valence-corrected chi connectivity index (χ1v) is 5.66. The topological polar surface area (TPSA) is 63.6 Å². The molecule has 0 bridgehead atoms. The van der Waals surface area contributed by atoms with E-state index in [4.69, 9.17) is 0 Å². The Morgan fingerprint density at radius 1 is 1.22 bits per heavy atom. The van der Waals surface area contributed by atoms with Crippen molar-refractivity contribution in [3.05, 3.63) is 46.4 Å². The molecule has 0 saturated heterocycles. The minimum Gasteiger partial charge on any atom is -0.281 e. The summed E-state index contributed by atoms with van der Waals surface area (Å²) in [6, 6.07) is 9.73. The lowest BCUT2D eigenvalue weighted by molar-refractivity contribution is 0.722. The molecule has 2 heterocycles. The van der Waals surface area contributed by atoms with Gasteiger partial charge in [-0.05, 0) is 6.92 Å². The predicted octanol–water partition coefficient (Wildman–Crippen LogP) is 1.63. The molecule has 1 aromatic carbocycles. The lowest BCUT2D eigenvalue weighted by atomic mass is 10.1. The van der Waals surface area contributed by atoms with E-state index in [2.05, 4.69) is 15.3 Å². The summed E-state index contributed by atoms with van der Waals surface area (Å²) in [7, 11) is 1.65. The van der Waals surface area contributed by atoms with E-state index in [9.17, 15) is 4.79 Å². The van der Waals surface area contributed by atoms with Gasteiger partial charge in [0, 0.05) is 18.3 Å². The number of fused-ring (bicyclic) bond motifs is 1. The summed E-state index contributed by atoms with van der Waals surface area (Å²) >= 11 is 0. The van der Waals surface area contributed by atoms with Gasteiger partial charge in [0.05, 0.1) is 5.39 Å². The van der Waals surface area contributed by atoms with Gasteiger partial charge in [-0.3, -0.25) is 9.89 Å². The zero-order valence-electron chi connectivity index (χ0n) is 10.1. The van der Waals surface area contributed by atoms with E-state index in [1.807, 2.05) is 37.3 Å². The van der Waals surface area contributed by atoms with E-state index >= 15 is 0 Å². The van der Waals surface area contributed by atoms with Gasteiger partial charge >= 0.3 is 0 Å². The van der Waals surface area contributed by atoms with E-state index in [0.717, 1.165) is 17.0 Å². The minimum atomic E-state index is -0.129. The molecule has 0 atom stereocenters. The molecule has 3 rings (SSSR count). The molecule has 5 nitrogen and oxygen atoms in total. The van der Waals surface area contributed by atoms with Crippen molar-refractivity contribution in [3.8, 4) is 11.3 Å². The molecule has 0 aliphatic rings. The first-order valence-electron chi connectivity index (χ1n) is 5.66. The standard InChI is InChI=1S/C13H12N4O/c1-8-10-12(15-14-8)11(16-17(2)13(10)18)9-6-4-3-5-7-9/h3-7H,1-2H3,(H,14,15). The molecule has 2 aromatic heterocycles. The minimum absolute atomic E-state index is 0.129. The summed E-state index contributed by atoms with van der Waals surface area (Å²) in [5.74, 6) is 0. The number of nitrogens with one attached hydrogen (secondary N) is 1. The normalized spacial score (nSPS) is 11.0. The van der Waals surface area contributed by atoms with E-state index < -0.39 is 0 Å². The highest BCUT2D eigenvalue weighted by Crippen LogP contribution is 2.23. The second-order valence-corrected chi connectivity index (χ2v) is 4.22. The fourth-order valence-electron chi connectivity index (χ4n) is 2.06. The number of rotatable bonds is 1. The van der Waals surface area contributed by atoms with E-state index in [1.54, 1.807) is 7.05 Å². The Kier molecular flexibility index (Phi) is 2.26. The largest absolute Gasteiger partial charge is 0.281 e.